The lowest BCUT2D eigenvalue weighted by Crippen LogP contribution is -2.59. The molecule has 0 saturated heterocycles. The predicted octanol–water partition coefficient (Wildman–Crippen LogP) is -1.22. The van der Waals surface area contributed by atoms with E-state index in [1.54, 1.807) is 0 Å². The van der Waals surface area contributed by atoms with Crippen LogP contribution in [-0.4, -0.2) is 35.9 Å². The molecular weight excluding hydrogens is 190 g/mol. The van der Waals surface area contributed by atoms with Gasteiger partial charge in [0.2, 0.25) is 0 Å². The molecule has 0 bridgehead atoms. The van der Waals surface area contributed by atoms with Crippen molar-refractivity contribution in [3.63, 3.8) is 0 Å². The predicted molar refractivity (Wildman–Crippen MR) is 51.5 cm³/mol. The third kappa shape index (κ3) is 4.67. The van der Waals surface area contributed by atoms with Crippen LogP contribution in [0.2, 0.25) is 6.04 Å². The molecule has 0 unspecified atom stereocenters. The molecule has 6 N–H and O–H groups in total. The van der Waals surface area contributed by atoms with E-state index in [4.69, 9.17) is 30.5 Å². The maximum absolute atomic E-state index is 5.42. The summed E-state index contributed by atoms with van der Waals surface area (Å²) in [6, 6.07) is 0.500. The van der Waals surface area contributed by atoms with Crippen molar-refractivity contribution in [3.8, 4) is 0 Å². The van der Waals surface area contributed by atoms with Crippen molar-refractivity contribution in [2.45, 2.75) is 18.3 Å². The van der Waals surface area contributed by atoms with E-state index < -0.39 is 14.6 Å². The van der Waals surface area contributed by atoms with Crippen LogP contribution in [0.1, 0.15) is 6.42 Å². The third-order valence-electron chi connectivity index (χ3n) is 1.80. The van der Waals surface area contributed by atoms with Crippen molar-refractivity contribution in [3.05, 3.63) is 0 Å². The van der Waals surface area contributed by atoms with Gasteiger partial charge in [-0.3, -0.25) is 0 Å². The van der Waals surface area contributed by atoms with Gasteiger partial charge >= 0.3 is 8.80 Å². The molecule has 0 amide bonds. The van der Waals surface area contributed by atoms with Gasteiger partial charge in [0.15, 0.2) is 0 Å². The highest BCUT2D eigenvalue weighted by molar-refractivity contribution is 6.60. The lowest BCUT2D eigenvalue weighted by Gasteiger charge is -2.27. The molecule has 7 heteroatoms. The second kappa shape index (κ2) is 5.01. The van der Waals surface area contributed by atoms with Crippen molar-refractivity contribution in [2.75, 3.05) is 21.3 Å². The minimum Gasteiger partial charge on any atom is -0.377 e. The third-order valence-corrected chi connectivity index (χ3v) is 4.53. The molecule has 0 aliphatic carbocycles. The summed E-state index contributed by atoms with van der Waals surface area (Å²) in [6.45, 7) is 0. The molecule has 0 aromatic carbocycles. The average molecular weight is 209 g/mol. The monoisotopic (exact) mass is 209 g/mol. The lowest BCUT2D eigenvalue weighted by molar-refractivity contribution is 0.120. The fourth-order valence-electron chi connectivity index (χ4n) is 0.926. The molecule has 0 aromatic rings. The summed E-state index contributed by atoms with van der Waals surface area (Å²) in [5, 5.41) is 0. The van der Waals surface area contributed by atoms with Crippen LogP contribution in [-0.2, 0) is 13.3 Å². The van der Waals surface area contributed by atoms with E-state index in [1.165, 1.54) is 21.3 Å². The van der Waals surface area contributed by atoms with Crippen LogP contribution in [0, 0.1) is 0 Å². The molecule has 0 aliphatic rings. The SMILES string of the molecule is CO[Si](CCC(N)(N)N)(OC)OC. The zero-order valence-electron chi connectivity index (χ0n) is 8.37. The molecule has 0 aromatic heterocycles. The van der Waals surface area contributed by atoms with Gasteiger partial charge in [-0.2, -0.15) is 0 Å². The summed E-state index contributed by atoms with van der Waals surface area (Å²) in [5.74, 6) is -1.20. The lowest BCUT2D eigenvalue weighted by atomic mass is 10.3. The first-order valence-electron chi connectivity index (χ1n) is 3.91. The molecule has 0 saturated carbocycles. The first-order chi connectivity index (χ1) is 5.89. The number of rotatable bonds is 6. The Morgan fingerprint density at radius 1 is 1.00 bits per heavy atom. The molecule has 0 rings (SSSR count). The highest BCUT2D eigenvalue weighted by Crippen LogP contribution is 2.16. The van der Waals surface area contributed by atoms with Gasteiger partial charge < -0.3 is 30.5 Å². The van der Waals surface area contributed by atoms with Gasteiger partial charge in [0.05, 0.1) is 0 Å². The topological polar surface area (TPSA) is 106 Å². The Morgan fingerprint density at radius 2 is 1.38 bits per heavy atom. The largest absolute Gasteiger partial charge is 0.500 e. The van der Waals surface area contributed by atoms with Crippen LogP contribution in [0.15, 0.2) is 0 Å². The molecule has 80 valence electrons. The highest BCUT2D eigenvalue weighted by Gasteiger charge is 2.38. The second-order valence-corrected chi connectivity index (χ2v) is 6.00. The van der Waals surface area contributed by atoms with E-state index in [1.807, 2.05) is 0 Å². The van der Waals surface area contributed by atoms with Gasteiger partial charge in [0, 0.05) is 27.4 Å². The Morgan fingerprint density at radius 3 is 1.62 bits per heavy atom. The van der Waals surface area contributed by atoms with Crippen LogP contribution in [0.3, 0.4) is 0 Å². The van der Waals surface area contributed by atoms with Gasteiger partial charge in [-0.25, -0.2) is 0 Å². The van der Waals surface area contributed by atoms with Crippen molar-refractivity contribution >= 4 is 8.80 Å². The average Bonchev–Trinajstić information content (AvgIpc) is 2.06. The highest BCUT2D eigenvalue weighted by atomic mass is 28.4. The zero-order valence-corrected chi connectivity index (χ0v) is 9.37. The van der Waals surface area contributed by atoms with Crippen molar-refractivity contribution in [2.24, 2.45) is 17.2 Å². The Balaban J connectivity index is 4.11. The Bertz CT molecular complexity index is 138. The van der Waals surface area contributed by atoms with Gasteiger partial charge in [0.1, 0.15) is 5.79 Å². The summed E-state index contributed by atoms with van der Waals surface area (Å²) < 4.78 is 15.5. The first-order valence-corrected chi connectivity index (χ1v) is 5.84. The van der Waals surface area contributed by atoms with Gasteiger partial charge in [-0.1, -0.05) is 0 Å². The molecule has 0 heterocycles. The summed E-state index contributed by atoms with van der Waals surface area (Å²) in [4.78, 5) is 0. The quantitative estimate of drug-likeness (QED) is 0.374. The van der Waals surface area contributed by atoms with Gasteiger partial charge in [-0.15, -0.1) is 0 Å². The molecule has 6 nitrogen and oxygen atoms in total. The summed E-state index contributed by atoms with van der Waals surface area (Å²) in [6.07, 6.45) is 0.384. The molecule has 13 heavy (non-hydrogen) atoms. The normalized spacial score (nSPS) is 13.4. The minimum absolute atomic E-state index is 0.384. The van der Waals surface area contributed by atoms with Crippen molar-refractivity contribution in [1.29, 1.82) is 0 Å². The summed E-state index contributed by atoms with van der Waals surface area (Å²) in [5.41, 5.74) is 16.3. The second-order valence-electron chi connectivity index (χ2n) is 2.91. The van der Waals surface area contributed by atoms with Crippen molar-refractivity contribution < 1.29 is 13.3 Å². The van der Waals surface area contributed by atoms with E-state index in [-0.39, 0.29) is 0 Å². The fourth-order valence-corrected chi connectivity index (χ4v) is 2.78. The molecule has 0 fully saturated rings. The number of hydrogen-bond donors (Lipinski definition) is 3. The van der Waals surface area contributed by atoms with E-state index in [9.17, 15) is 0 Å². The Kier molecular flexibility index (Phi) is 5.00. The van der Waals surface area contributed by atoms with E-state index >= 15 is 0 Å². The first kappa shape index (κ1) is 13.0. The maximum Gasteiger partial charge on any atom is 0.500 e. The summed E-state index contributed by atoms with van der Waals surface area (Å²) in [7, 11) is 2.03. The number of hydrogen-bond acceptors (Lipinski definition) is 6. The summed E-state index contributed by atoms with van der Waals surface area (Å²) >= 11 is 0. The standard InChI is InChI=1S/C6H19N3O3Si/c1-10-13(11-2,12-3)5-4-6(7,8)9/h4-5,7-9H2,1-3H3. The van der Waals surface area contributed by atoms with Gasteiger partial charge in [0.25, 0.3) is 0 Å². The van der Waals surface area contributed by atoms with Crippen LogP contribution in [0.5, 0.6) is 0 Å². The van der Waals surface area contributed by atoms with Crippen LogP contribution in [0.4, 0.5) is 0 Å². The fraction of sp³-hybridized carbons (Fsp3) is 1.00. The maximum atomic E-state index is 5.42. The van der Waals surface area contributed by atoms with E-state index in [0.717, 1.165) is 0 Å². The number of nitrogens with two attached hydrogens (primary N) is 3. The molecule has 0 spiro atoms. The van der Waals surface area contributed by atoms with Crippen molar-refractivity contribution in [1.82, 2.24) is 0 Å². The van der Waals surface area contributed by atoms with Crippen LogP contribution in [0.25, 0.3) is 0 Å². The smallest absolute Gasteiger partial charge is 0.377 e. The van der Waals surface area contributed by atoms with Crippen LogP contribution >= 0.6 is 0 Å². The van der Waals surface area contributed by atoms with Gasteiger partial charge in [-0.05, 0) is 6.42 Å². The molecule has 0 radical (unpaired) electrons. The van der Waals surface area contributed by atoms with E-state index in [2.05, 4.69) is 0 Å². The van der Waals surface area contributed by atoms with Crippen LogP contribution < -0.4 is 17.2 Å². The Hall–Kier alpha value is -0.0231. The zero-order chi connectivity index (χ0) is 10.5. The molecular formula is C6H19N3O3Si. The Labute approximate surface area is 79.7 Å². The molecule has 0 aliphatic heterocycles. The minimum atomic E-state index is -2.57. The van der Waals surface area contributed by atoms with E-state index in [0.29, 0.717) is 12.5 Å². The molecule has 0 atom stereocenters.